The Balaban J connectivity index is 3.26. The molecule has 0 aliphatic heterocycles. The highest BCUT2D eigenvalue weighted by molar-refractivity contribution is 5.77. The number of allylic oxidation sites excluding steroid dienone is 1. The van der Waals surface area contributed by atoms with Crippen molar-refractivity contribution >= 4 is 17.6 Å². The first-order valence-corrected chi connectivity index (χ1v) is 7.91. The first kappa shape index (κ1) is 18.0. The monoisotopic (exact) mass is 299 g/mol. The zero-order valence-electron chi connectivity index (χ0n) is 14.6. The molecule has 0 aliphatic carbocycles. The fraction of sp³-hybridized carbons (Fsp3) is 0.421. The molecule has 0 N–H and O–H groups in total. The van der Waals surface area contributed by atoms with Crippen molar-refractivity contribution in [2.75, 3.05) is 18.6 Å². The lowest BCUT2D eigenvalue weighted by Crippen LogP contribution is -2.31. The van der Waals surface area contributed by atoms with E-state index in [0.717, 1.165) is 29.9 Å². The minimum absolute atomic E-state index is 0.466. The number of hydrogen-bond acceptors (Lipinski definition) is 3. The third-order valence-corrected chi connectivity index (χ3v) is 3.97. The summed E-state index contributed by atoms with van der Waals surface area (Å²) < 4.78 is 0. The molecule has 0 saturated carbocycles. The zero-order chi connectivity index (χ0) is 16.7. The molecule has 22 heavy (non-hydrogen) atoms. The van der Waals surface area contributed by atoms with Gasteiger partial charge in [0.05, 0.1) is 5.69 Å². The molecule has 0 fully saturated rings. The number of benzene rings is 1. The highest BCUT2D eigenvalue weighted by Gasteiger charge is 2.17. The number of hydrogen-bond donors (Lipinski definition) is 0. The zero-order valence-corrected chi connectivity index (χ0v) is 14.6. The van der Waals surface area contributed by atoms with Crippen molar-refractivity contribution in [2.24, 2.45) is 5.10 Å². The maximum absolute atomic E-state index is 4.37. The van der Waals surface area contributed by atoms with Crippen molar-refractivity contribution < 1.29 is 0 Å². The van der Waals surface area contributed by atoms with Gasteiger partial charge in [0.2, 0.25) is 0 Å². The van der Waals surface area contributed by atoms with Crippen molar-refractivity contribution in [1.29, 1.82) is 0 Å². The van der Waals surface area contributed by atoms with Crippen LogP contribution in [0.2, 0.25) is 0 Å². The summed E-state index contributed by atoms with van der Waals surface area (Å²) in [5, 5.41) is 6.23. The molecule has 1 aromatic carbocycles. The molecule has 0 bridgehead atoms. The molecule has 3 heteroatoms. The van der Waals surface area contributed by atoms with Crippen molar-refractivity contribution in [3.63, 3.8) is 0 Å². The van der Waals surface area contributed by atoms with Crippen LogP contribution in [0.3, 0.4) is 0 Å². The Labute approximate surface area is 135 Å². The smallest absolute Gasteiger partial charge is 0.0683 e. The van der Waals surface area contributed by atoms with Gasteiger partial charge in [0.1, 0.15) is 0 Å². The van der Waals surface area contributed by atoms with Gasteiger partial charge in [-0.3, -0.25) is 5.01 Å². The van der Waals surface area contributed by atoms with E-state index in [1.165, 1.54) is 5.56 Å². The Morgan fingerprint density at radius 2 is 2.05 bits per heavy atom. The Kier molecular flexibility index (Phi) is 6.90. The predicted molar refractivity (Wildman–Crippen MR) is 99.4 cm³/mol. The lowest BCUT2D eigenvalue weighted by Gasteiger charge is -2.33. The average Bonchev–Trinajstić information content (AvgIpc) is 2.52. The molecule has 0 aromatic heterocycles. The van der Waals surface area contributed by atoms with Crippen LogP contribution in [-0.2, 0) is 0 Å². The van der Waals surface area contributed by atoms with Crippen molar-refractivity contribution in [3.05, 3.63) is 48.6 Å². The molecule has 1 atom stereocenters. The fourth-order valence-electron chi connectivity index (χ4n) is 2.52. The maximum atomic E-state index is 4.37. The molecule has 120 valence electrons. The van der Waals surface area contributed by atoms with Crippen LogP contribution < -0.4 is 5.01 Å². The quantitative estimate of drug-likeness (QED) is 0.512. The topological polar surface area (TPSA) is 18.8 Å². The largest absolute Gasteiger partial charge is 0.369 e. The van der Waals surface area contributed by atoms with Gasteiger partial charge in [-0.25, -0.2) is 0 Å². The van der Waals surface area contributed by atoms with E-state index in [2.05, 4.69) is 69.1 Å². The van der Waals surface area contributed by atoms with Crippen molar-refractivity contribution in [2.45, 2.75) is 40.2 Å². The van der Waals surface area contributed by atoms with E-state index in [0.29, 0.717) is 6.04 Å². The molecule has 1 aromatic rings. The van der Waals surface area contributed by atoms with Gasteiger partial charge in [-0.1, -0.05) is 31.7 Å². The van der Waals surface area contributed by atoms with Gasteiger partial charge in [-0.2, -0.15) is 5.10 Å². The van der Waals surface area contributed by atoms with Gasteiger partial charge in [0, 0.05) is 37.1 Å². The minimum atomic E-state index is 0.466. The second-order valence-corrected chi connectivity index (χ2v) is 5.53. The molecule has 0 saturated heterocycles. The second-order valence-electron chi connectivity index (χ2n) is 5.53. The van der Waals surface area contributed by atoms with E-state index in [1.807, 2.05) is 12.1 Å². The molecule has 0 heterocycles. The predicted octanol–water partition coefficient (Wildman–Crippen LogP) is 4.69. The SMILES string of the molecule is C=C/C=N\N(C)c1ccc(C)cc1C(=C)N(CC)C(C)CC. The van der Waals surface area contributed by atoms with Gasteiger partial charge in [0.15, 0.2) is 0 Å². The second kappa shape index (κ2) is 8.42. The lowest BCUT2D eigenvalue weighted by atomic mass is 10.0. The molecule has 0 radical (unpaired) electrons. The molecule has 0 spiro atoms. The number of hydrazone groups is 1. The van der Waals surface area contributed by atoms with E-state index in [9.17, 15) is 0 Å². The Hall–Kier alpha value is -2.03. The molecule has 1 rings (SSSR count). The van der Waals surface area contributed by atoms with Gasteiger partial charge >= 0.3 is 0 Å². The Morgan fingerprint density at radius 1 is 1.36 bits per heavy atom. The van der Waals surface area contributed by atoms with Crippen LogP contribution in [0.1, 0.15) is 38.3 Å². The van der Waals surface area contributed by atoms with E-state index < -0.39 is 0 Å². The van der Waals surface area contributed by atoms with Gasteiger partial charge < -0.3 is 4.90 Å². The fourth-order valence-corrected chi connectivity index (χ4v) is 2.52. The van der Waals surface area contributed by atoms with Crippen molar-refractivity contribution in [3.8, 4) is 0 Å². The summed E-state index contributed by atoms with van der Waals surface area (Å²) in [5.74, 6) is 0. The van der Waals surface area contributed by atoms with Crippen LogP contribution in [0.4, 0.5) is 5.69 Å². The van der Waals surface area contributed by atoms with E-state index in [4.69, 9.17) is 0 Å². The summed E-state index contributed by atoms with van der Waals surface area (Å²) in [6, 6.07) is 6.85. The first-order valence-electron chi connectivity index (χ1n) is 7.91. The summed E-state index contributed by atoms with van der Waals surface area (Å²) in [4.78, 5) is 2.35. The number of rotatable bonds is 8. The van der Waals surface area contributed by atoms with Crippen LogP contribution in [0, 0.1) is 6.92 Å². The third-order valence-electron chi connectivity index (χ3n) is 3.97. The standard InChI is InChI=1S/C19H29N3/c1-8-13-20-21(7)19-12-11-15(4)14-18(19)17(6)22(10-3)16(5)9-2/h8,11-14,16H,1,6,9-10H2,2-5,7H3/b20-13-. The number of aryl methyl sites for hydroxylation is 1. The van der Waals surface area contributed by atoms with Crippen LogP contribution in [0.5, 0.6) is 0 Å². The molecule has 3 nitrogen and oxygen atoms in total. The minimum Gasteiger partial charge on any atom is -0.369 e. The number of nitrogens with zero attached hydrogens (tertiary/aromatic N) is 3. The average molecular weight is 299 g/mol. The van der Waals surface area contributed by atoms with Crippen LogP contribution >= 0.6 is 0 Å². The normalized spacial score (nSPS) is 12.2. The van der Waals surface area contributed by atoms with Gasteiger partial charge in [-0.05, 0) is 45.4 Å². The van der Waals surface area contributed by atoms with Gasteiger partial charge in [0.25, 0.3) is 0 Å². The third kappa shape index (κ3) is 4.23. The highest BCUT2D eigenvalue weighted by atomic mass is 15.4. The molecular weight excluding hydrogens is 270 g/mol. The Morgan fingerprint density at radius 3 is 2.59 bits per heavy atom. The first-order chi connectivity index (χ1) is 10.5. The molecule has 0 aliphatic rings. The summed E-state index contributed by atoms with van der Waals surface area (Å²) in [6.45, 7) is 17.7. The van der Waals surface area contributed by atoms with Crippen LogP contribution in [-0.4, -0.2) is 30.7 Å². The van der Waals surface area contributed by atoms with E-state index in [1.54, 1.807) is 12.3 Å². The summed E-state index contributed by atoms with van der Waals surface area (Å²) in [7, 11) is 1.95. The van der Waals surface area contributed by atoms with E-state index in [-0.39, 0.29) is 0 Å². The van der Waals surface area contributed by atoms with Crippen LogP contribution in [0.15, 0.2) is 42.5 Å². The molecule has 1 unspecified atom stereocenters. The van der Waals surface area contributed by atoms with Gasteiger partial charge in [-0.15, -0.1) is 0 Å². The van der Waals surface area contributed by atoms with E-state index >= 15 is 0 Å². The molecule has 0 amide bonds. The Bertz CT molecular complexity index is 546. The highest BCUT2D eigenvalue weighted by Crippen LogP contribution is 2.30. The summed E-state index contributed by atoms with van der Waals surface area (Å²) >= 11 is 0. The summed E-state index contributed by atoms with van der Waals surface area (Å²) in [6.07, 6.45) is 4.47. The van der Waals surface area contributed by atoms with Crippen molar-refractivity contribution in [1.82, 2.24) is 4.90 Å². The maximum Gasteiger partial charge on any atom is 0.0683 e. The van der Waals surface area contributed by atoms with Crippen LogP contribution in [0.25, 0.3) is 5.70 Å². The lowest BCUT2D eigenvalue weighted by molar-refractivity contribution is 0.319. The number of anilines is 1. The summed E-state index contributed by atoms with van der Waals surface area (Å²) in [5.41, 5.74) is 4.46. The molecular formula is C19H29N3.